The molecule has 1 fully saturated rings. The van der Waals surface area contributed by atoms with Crippen molar-refractivity contribution in [2.75, 3.05) is 19.6 Å². The van der Waals surface area contributed by atoms with E-state index in [1.54, 1.807) is 0 Å². The van der Waals surface area contributed by atoms with E-state index in [0.717, 1.165) is 19.4 Å². The number of nitrogens with zero attached hydrogens (tertiary/aromatic N) is 2. The summed E-state index contributed by atoms with van der Waals surface area (Å²) in [5.74, 6) is 0. The fourth-order valence-electron chi connectivity index (χ4n) is 2.78. The predicted octanol–water partition coefficient (Wildman–Crippen LogP) is 2.77. The van der Waals surface area contributed by atoms with Crippen LogP contribution in [0.15, 0.2) is 18.5 Å². The first-order valence-corrected chi connectivity index (χ1v) is 7.43. The highest BCUT2D eigenvalue weighted by Gasteiger charge is 2.10. The second-order valence-corrected chi connectivity index (χ2v) is 5.48. The number of hydrogen-bond acceptors (Lipinski definition) is 2. The standard InChI is InChI=1S/C15H27N3/c1-2-6-15(16)14-7-12-18(13-14)11-5-10-17-8-3-4-9-17/h7,12-13,15H,2-6,8-11,16H2,1H3. The Morgan fingerprint density at radius 2 is 2.06 bits per heavy atom. The number of aromatic nitrogens is 1. The van der Waals surface area contributed by atoms with Gasteiger partial charge in [0.1, 0.15) is 0 Å². The number of likely N-dealkylation sites (tertiary alicyclic amines) is 1. The van der Waals surface area contributed by atoms with Crippen LogP contribution in [0, 0.1) is 0 Å². The molecule has 1 aliphatic heterocycles. The van der Waals surface area contributed by atoms with Gasteiger partial charge in [0.2, 0.25) is 0 Å². The summed E-state index contributed by atoms with van der Waals surface area (Å²) in [6, 6.07) is 2.39. The fourth-order valence-corrected chi connectivity index (χ4v) is 2.78. The molecular weight excluding hydrogens is 222 g/mol. The molecule has 0 amide bonds. The first kappa shape index (κ1) is 13.6. The van der Waals surface area contributed by atoms with Crippen LogP contribution < -0.4 is 5.73 Å². The number of nitrogens with two attached hydrogens (primary N) is 1. The van der Waals surface area contributed by atoms with Gasteiger partial charge in [-0.3, -0.25) is 0 Å². The van der Waals surface area contributed by atoms with Gasteiger partial charge in [0.05, 0.1) is 0 Å². The van der Waals surface area contributed by atoms with Crippen LogP contribution in [0.5, 0.6) is 0 Å². The molecule has 1 unspecified atom stereocenters. The van der Waals surface area contributed by atoms with Gasteiger partial charge in [0, 0.05) is 25.0 Å². The zero-order valence-corrected chi connectivity index (χ0v) is 11.6. The van der Waals surface area contributed by atoms with E-state index in [0.29, 0.717) is 0 Å². The van der Waals surface area contributed by atoms with Gasteiger partial charge in [0.25, 0.3) is 0 Å². The van der Waals surface area contributed by atoms with E-state index in [-0.39, 0.29) is 6.04 Å². The normalized spacial score (nSPS) is 18.3. The van der Waals surface area contributed by atoms with Crippen molar-refractivity contribution in [1.29, 1.82) is 0 Å². The molecule has 0 aromatic carbocycles. The van der Waals surface area contributed by atoms with Gasteiger partial charge < -0.3 is 15.2 Å². The van der Waals surface area contributed by atoms with Gasteiger partial charge in [-0.25, -0.2) is 0 Å². The number of rotatable bonds is 7. The Balaban J connectivity index is 1.72. The summed E-state index contributed by atoms with van der Waals surface area (Å²) >= 11 is 0. The van der Waals surface area contributed by atoms with Crippen LogP contribution in [0.3, 0.4) is 0 Å². The molecule has 0 bridgehead atoms. The third kappa shape index (κ3) is 3.85. The highest BCUT2D eigenvalue weighted by Crippen LogP contribution is 2.16. The van der Waals surface area contributed by atoms with E-state index >= 15 is 0 Å². The molecular formula is C15H27N3. The van der Waals surface area contributed by atoms with Crippen molar-refractivity contribution in [1.82, 2.24) is 9.47 Å². The maximum Gasteiger partial charge on any atom is 0.0309 e. The monoisotopic (exact) mass is 249 g/mol. The Kier molecular flexibility index (Phi) is 5.26. The third-order valence-electron chi connectivity index (χ3n) is 3.89. The molecule has 3 nitrogen and oxygen atoms in total. The van der Waals surface area contributed by atoms with Crippen molar-refractivity contribution in [3.8, 4) is 0 Å². The Hall–Kier alpha value is -0.800. The van der Waals surface area contributed by atoms with Crippen molar-refractivity contribution < 1.29 is 0 Å². The molecule has 0 spiro atoms. The summed E-state index contributed by atoms with van der Waals surface area (Å²) in [4.78, 5) is 2.58. The number of hydrogen-bond donors (Lipinski definition) is 1. The van der Waals surface area contributed by atoms with Crippen LogP contribution in [0.25, 0.3) is 0 Å². The molecule has 18 heavy (non-hydrogen) atoms. The maximum atomic E-state index is 6.13. The Bertz CT molecular complexity index is 339. The van der Waals surface area contributed by atoms with Gasteiger partial charge in [0.15, 0.2) is 0 Å². The van der Waals surface area contributed by atoms with Crippen LogP contribution in [0.1, 0.15) is 50.6 Å². The van der Waals surface area contributed by atoms with Gasteiger partial charge >= 0.3 is 0 Å². The lowest BCUT2D eigenvalue weighted by Crippen LogP contribution is -2.21. The average molecular weight is 249 g/mol. The molecule has 102 valence electrons. The molecule has 3 heteroatoms. The van der Waals surface area contributed by atoms with Crippen LogP contribution in [-0.2, 0) is 6.54 Å². The summed E-state index contributed by atoms with van der Waals surface area (Å²) in [5, 5.41) is 0. The van der Waals surface area contributed by atoms with Crippen LogP contribution in [0.2, 0.25) is 0 Å². The van der Waals surface area contributed by atoms with E-state index in [1.807, 2.05) is 0 Å². The van der Waals surface area contributed by atoms with Gasteiger partial charge in [-0.05, 0) is 56.9 Å². The zero-order valence-electron chi connectivity index (χ0n) is 11.6. The second-order valence-electron chi connectivity index (χ2n) is 5.48. The van der Waals surface area contributed by atoms with Crippen molar-refractivity contribution in [3.05, 3.63) is 24.0 Å². The largest absolute Gasteiger partial charge is 0.354 e. The molecule has 0 saturated carbocycles. The molecule has 1 aromatic heterocycles. The van der Waals surface area contributed by atoms with Crippen molar-refractivity contribution in [3.63, 3.8) is 0 Å². The summed E-state index contributed by atoms with van der Waals surface area (Å²) in [5.41, 5.74) is 7.42. The van der Waals surface area contributed by atoms with Gasteiger partial charge in [-0.15, -0.1) is 0 Å². The van der Waals surface area contributed by atoms with E-state index in [1.165, 1.54) is 44.5 Å². The van der Waals surface area contributed by atoms with E-state index in [9.17, 15) is 0 Å². The summed E-state index contributed by atoms with van der Waals surface area (Å²) in [7, 11) is 0. The van der Waals surface area contributed by atoms with Crippen LogP contribution in [0.4, 0.5) is 0 Å². The van der Waals surface area contributed by atoms with E-state index in [2.05, 4.69) is 34.9 Å². The minimum atomic E-state index is 0.217. The first-order chi connectivity index (χ1) is 8.79. The quantitative estimate of drug-likeness (QED) is 0.806. The lowest BCUT2D eigenvalue weighted by Gasteiger charge is -2.14. The SMILES string of the molecule is CCCC(N)c1ccn(CCCN2CCCC2)c1. The Labute approximate surface area is 111 Å². The average Bonchev–Trinajstić information content (AvgIpc) is 3.00. The van der Waals surface area contributed by atoms with Gasteiger partial charge in [-0.2, -0.15) is 0 Å². The Morgan fingerprint density at radius 3 is 2.78 bits per heavy atom. The lowest BCUT2D eigenvalue weighted by atomic mass is 10.1. The summed E-state index contributed by atoms with van der Waals surface area (Å²) < 4.78 is 2.29. The molecule has 2 rings (SSSR count). The molecule has 1 aromatic rings. The Morgan fingerprint density at radius 1 is 1.28 bits per heavy atom. The molecule has 1 atom stereocenters. The van der Waals surface area contributed by atoms with E-state index < -0.39 is 0 Å². The predicted molar refractivity (Wildman–Crippen MR) is 76.6 cm³/mol. The van der Waals surface area contributed by atoms with Gasteiger partial charge in [-0.1, -0.05) is 13.3 Å². The minimum absolute atomic E-state index is 0.217. The maximum absolute atomic E-state index is 6.13. The third-order valence-corrected chi connectivity index (χ3v) is 3.89. The van der Waals surface area contributed by atoms with Crippen molar-refractivity contribution in [2.24, 2.45) is 5.73 Å². The highest BCUT2D eigenvalue weighted by molar-refractivity contribution is 5.14. The van der Waals surface area contributed by atoms with Crippen LogP contribution in [-0.4, -0.2) is 29.1 Å². The smallest absolute Gasteiger partial charge is 0.0309 e. The second kappa shape index (κ2) is 6.95. The molecule has 0 radical (unpaired) electrons. The molecule has 2 heterocycles. The summed E-state index contributed by atoms with van der Waals surface area (Å²) in [6.45, 7) is 7.16. The molecule has 0 aliphatic carbocycles. The molecule has 2 N–H and O–H groups in total. The topological polar surface area (TPSA) is 34.2 Å². The zero-order chi connectivity index (χ0) is 12.8. The first-order valence-electron chi connectivity index (χ1n) is 7.43. The number of aryl methyl sites for hydroxylation is 1. The van der Waals surface area contributed by atoms with Crippen molar-refractivity contribution in [2.45, 2.75) is 51.6 Å². The van der Waals surface area contributed by atoms with Crippen molar-refractivity contribution >= 4 is 0 Å². The highest BCUT2D eigenvalue weighted by atomic mass is 15.1. The molecule has 1 saturated heterocycles. The lowest BCUT2D eigenvalue weighted by molar-refractivity contribution is 0.325. The molecule has 1 aliphatic rings. The fraction of sp³-hybridized carbons (Fsp3) is 0.733. The van der Waals surface area contributed by atoms with Crippen LogP contribution >= 0.6 is 0 Å². The van der Waals surface area contributed by atoms with E-state index in [4.69, 9.17) is 5.73 Å². The summed E-state index contributed by atoms with van der Waals surface area (Å²) in [6.07, 6.45) is 10.7. The minimum Gasteiger partial charge on any atom is -0.354 e.